The summed E-state index contributed by atoms with van der Waals surface area (Å²) >= 11 is 0. The number of carbonyl (C=O) groups excluding carboxylic acids is 2. The lowest BCUT2D eigenvalue weighted by atomic mass is 10.1. The summed E-state index contributed by atoms with van der Waals surface area (Å²) in [4.78, 5) is 33.0. The first kappa shape index (κ1) is 14.3. The van der Waals surface area contributed by atoms with E-state index < -0.39 is 23.9 Å². The molecular weight excluding hydrogens is 238 g/mol. The zero-order valence-corrected chi connectivity index (χ0v) is 10.1. The highest BCUT2D eigenvalue weighted by Crippen LogP contribution is 2.17. The molecule has 1 saturated carbocycles. The van der Waals surface area contributed by atoms with Crippen molar-refractivity contribution in [2.75, 3.05) is 0 Å². The summed E-state index contributed by atoms with van der Waals surface area (Å²) in [5.74, 6) is -1.75. The Morgan fingerprint density at radius 2 is 1.89 bits per heavy atom. The summed E-state index contributed by atoms with van der Waals surface area (Å²) < 4.78 is 0. The number of rotatable bonds is 6. The van der Waals surface area contributed by atoms with Crippen molar-refractivity contribution in [2.24, 2.45) is 5.73 Å². The molecule has 0 bridgehead atoms. The molecule has 0 radical (unpaired) electrons. The summed E-state index contributed by atoms with van der Waals surface area (Å²) in [6.07, 6.45) is 3.94. The minimum atomic E-state index is -1.17. The van der Waals surface area contributed by atoms with Gasteiger partial charge < -0.3 is 21.5 Å². The predicted octanol–water partition coefficient (Wildman–Crippen LogP) is -0.0531. The van der Waals surface area contributed by atoms with Crippen LogP contribution in [0.1, 0.15) is 38.5 Å². The monoisotopic (exact) mass is 257 g/mol. The van der Waals surface area contributed by atoms with E-state index in [9.17, 15) is 14.4 Å². The highest BCUT2D eigenvalue weighted by atomic mass is 16.4. The maximum absolute atomic E-state index is 11.6. The molecule has 102 valence electrons. The molecule has 0 aromatic rings. The van der Waals surface area contributed by atoms with Gasteiger partial charge in [-0.25, -0.2) is 9.59 Å². The minimum Gasteiger partial charge on any atom is -0.480 e. The van der Waals surface area contributed by atoms with Crippen LogP contribution in [0.3, 0.4) is 0 Å². The Labute approximate surface area is 105 Å². The summed E-state index contributed by atoms with van der Waals surface area (Å²) in [6, 6.07) is -1.46. The zero-order valence-electron chi connectivity index (χ0n) is 10.1. The molecule has 7 heteroatoms. The molecule has 18 heavy (non-hydrogen) atoms. The molecule has 0 aromatic carbocycles. The van der Waals surface area contributed by atoms with Crippen molar-refractivity contribution in [1.29, 1.82) is 0 Å². The van der Waals surface area contributed by atoms with Crippen molar-refractivity contribution in [1.82, 2.24) is 10.6 Å². The highest BCUT2D eigenvalue weighted by Gasteiger charge is 2.23. The fourth-order valence-corrected chi connectivity index (χ4v) is 2.00. The molecule has 0 aliphatic heterocycles. The lowest BCUT2D eigenvalue weighted by molar-refractivity contribution is -0.139. The number of nitrogens with one attached hydrogen (secondary N) is 2. The fourth-order valence-electron chi connectivity index (χ4n) is 2.00. The van der Waals surface area contributed by atoms with E-state index in [2.05, 4.69) is 10.6 Å². The largest absolute Gasteiger partial charge is 0.480 e. The first-order valence-electron chi connectivity index (χ1n) is 6.07. The molecule has 0 aromatic heterocycles. The quantitative estimate of drug-likeness (QED) is 0.532. The van der Waals surface area contributed by atoms with Crippen LogP contribution in [0.5, 0.6) is 0 Å². The first-order valence-corrected chi connectivity index (χ1v) is 6.07. The molecule has 0 spiro atoms. The summed E-state index contributed by atoms with van der Waals surface area (Å²) in [5.41, 5.74) is 4.94. The Bertz CT molecular complexity index is 326. The molecular formula is C11H19N3O4. The lowest BCUT2D eigenvalue weighted by Crippen LogP contribution is -2.48. The summed E-state index contributed by atoms with van der Waals surface area (Å²) in [7, 11) is 0. The Morgan fingerprint density at radius 1 is 1.28 bits per heavy atom. The number of hydrogen-bond acceptors (Lipinski definition) is 3. The maximum Gasteiger partial charge on any atom is 0.326 e. The number of aliphatic carboxylic acids is 1. The number of hydrogen-bond donors (Lipinski definition) is 4. The highest BCUT2D eigenvalue weighted by molar-refractivity contribution is 5.83. The number of carboxylic acid groups (broad SMARTS) is 1. The molecule has 5 N–H and O–H groups in total. The van der Waals surface area contributed by atoms with Crippen LogP contribution in [0.15, 0.2) is 0 Å². The first-order chi connectivity index (χ1) is 8.49. The number of primary amides is 1. The maximum atomic E-state index is 11.6. The van der Waals surface area contributed by atoms with E-state index in [0.717, 1.165) is 25.7 Å². The van der Waals surface area contributed by atoms with Crippen LogP contribution >= 0.6 is 0 Å². The molecule has 1 unspecified atom stereocenters. The van der Waals surface area contributed by atoms with Crippen molar-refractivity contribution < 1.29 is 19.5 Å². The summed E-state index contributed by atoms with van der Waals surface area (Å²) in [6.45, 7) is 0. The SMILES string of the molecule is NC(=O)CCC(NC(=O)NC1CCCC1)C(=O)O. The fraction of sp³-hybridized carbons (Fsp3) is 0.727. The van der Waals surface area contributed by atoms with Gasteiger partial charge in [0.05, 0.1) is 0 Å². The standard InChI is InChI=1S/C11H19N3O4/c12-9(15)6-5-8(10(16)17)14-11(18)13-7-3-1-2-4-7/h7-8H,1-6H2,(H2,12,15)(H,16,17)(H2,13,14,18). The smallest absolute Gasteiger partial charge is 0.326 e. The van der Waals surface area contributed by atoms with E-state index >= 15 is 0 Å². The topological polar surface area (TPSA) is 122 Å². The van der Waals surface area contributed by atoms with Crippen LogP contribution in [0.25, 0.3) is 0 Å². The minimum absolute atomic E-state index is 0.00273. The normalized spacial score (nSPS) is 17.1. The van der Waals surface area contributed by atoms with Gasteiger partial charge in [0, 0.05) is 12.5 Å². The van der Waals surface area contributed by atoms with E-state index in [1.165, 1.54) is 0 Å². The van der Waals surface area contributed by atoms with Gasteiger partial charge in [0.1, 0.15) is 6.04 Å². The Hall–Kier alpha value is -1.79. The van der Waals surface area contributed by atoms with Crippen LogP contribution in [-0.4, -0.2) is 35.1 Å². The third kappa shape index (κ3) is 5.03. The number of nitrogens with two attached hydrogens (primary N) is 1. The van der Waals surface area contributed by atoms with E-state index in [-0.39, 0.29) is 18.9 Å². The van der Waals surface area contributed by atoms with Crippen molar-refractivity contribution >= 4 is 17.9 Å². The van der Waals surface area contributed by atoms with Gasteiger partial charge in [0.2, 0.25) is 5.91 Å². The average molecular weight is 257 g/mol. The van der Waals surface area contributed by atoms with E-state index in [4.69, 9.17) is 10.8 Å². The van der Waals surface area contributed by atoms with Gasteiger partial charge in [0.25, 0.3) is 0 Å². The van der Waals surface area contributed by atoms with Crippen LogP contribution in [0.2, 0.25) is 0 Å². The van der Waals surface area contributed by atoms with E-state index in [1.54, 1.807) is 0 Å². The predicted molar refractivity (Wildman–Crippen MR) is 63.8 cm³/mol. The number of carbonyl (C=O) groups is 3. The average Bonchev–Trinajstić information content (AvgIpc) is 2.76. The van der Waals surface area contributed by atoms with E-state index in [0.29, 0.717) is 0 Å². The molecule has 1 fully saturated rings. The molecule has 1 atom stereocenters. The Kier molecular flexibility index (Phi) is 5.41. The van der Waals surface area contributed by atoms with Gasteiger partial charge in [-0.2, -0.15) is 0 Å². The van der Waals surface area contributed by atoms with Gasteiger partial charge in [-0.3, -0.25) is 4.79 Å². The van der Waals surface area contributed by atoms with Crippen molar-refractivity contribution in [3.8, 4) is 0 Å². The van der Waals surface area contributed by atoms with Crippen LogP contribution < -0.4 is 16.4 Å². The van der Waals surface area contributed by atoms with Crippen LogP contribution in [0, 0.1) is 0 Å². The second kappa shape index (κ2) is 6.83. The molecule has 7 nitrogen and oxygen atoms in total. The molecule has 0 saturated heterocycles. The zero-order chi connectivity index (χ0) is 13.5. The van der Waals surface area contributed by atoms with Gasteiger partial charge in [-0.1, -0.05) is 12.8 Å². The van der Waals surface area contributed by atoms with Gasteiger partial charge in [-0.15, -0.1) is 0 Å². The molecule has 0 heterocycles. The molecule has 1 rings (SSSR count). The van der Waals surface area contributed by atoms with E-state index in [1.807, 2.05) is 0 Å². The molecule has 3 amide bonds. The lowest BCUT2D eigenvalue weighted by Gasteiger charge is -2.17. The third-order valence-corrected chi connectivity index (χ3v) is 2.97. The van der Waals surface area contributed by atoms with Crippen LogP contribution in [0.4, 0.5) is 4.79 Å². The number of amides is 3. The number of carboxylic acids is 1. The number of urea groups is 1. The second-order valence-electron chi connectivity index (χ2n) is 4.49. The van der Waals surface area contributed by atoms with Crippen molar-refractivity contribution in [3.05, 3.63) is 0 Å². The van der Waals surface area contributed by atoms with Crippen molar-refractivity contribution in [2.45, 2.75) is 50.6 Å². The van der Waals surface area contributed by atoms with Crippen molar-refractivity contribution in [3.63, 3.8) is 0 Å². The van der Waals surface area contributed by atoms with Crippen LogP contribution in [-0.2, 0) is 9.59 Å². The third-order valence-electron chi connectivity index (χ3n) is 2.97. The second-order valence-corrected chi connectivity index (χ2v) is 4.49. The Morgan fingerprint density at radius 3 is 2.39 bits per heavy atom. The molecule has 1 aliphatic rings. The van der Waals surface area contributed by atoms with Gasteiger partial charge in [0.15, 0.2) is 0 Å². The Balaban J connectivity index is 2.36. The summed E-state index contributed by atoms with van der Waals surface area (Å²) in [5, 5.41) is 14.0. The molecule has 1 aliphatic carbocycles. The van der Waals surface area contributed by atoms with Gasteiger partial charge >= 0.3 is 12.0 Å². The van der Waals surface area contributed by atoms with Gasteiger partial charge in [-0.05, 0) is 19.3 Å².